The fourth-order valence-corrected chi connectivity index (χ4v) is 5.03. The van der Waals surface area contributed by atoms with Gasteiger partial charge in [-0.25, -0.2) is 9.97 Å². The van der Waals surface area contributed by atoms with Crippen molar-refractivity contribution >= 4 is 33.3 Å². The predicted octanol–water partition coefficient (Wildman–Crippen LogP) is 2.71. The van der Waals surface area contributed by atoms with Gasteiger partial charge in [0.25, 0.3) is 5.91 Å². The van der Waals surface area contributed by atoms with Crippen molar-refractivity contribution in [1.29, 1.82) is 0 Å². The van der Waals surface area contributed by atoms with E-state index >= 15 is 0 Å². The summed E-state index contributed by atoms with van der Waals surface area (Å²) >= 11 is 1.41. The van der Waals surface area contributed by atoms with Crippen LogP contribution in [0.15, 0.2) is 24.3 Å². The molecule has 2 aliphatic heterocycles. The molecule has 162 valence electrons. The molecular weight excluding hydrogens is 416 g/mol. The lowest BCUT2D eigenvalue weighted by Crippen LogP contribution is -2.40. The third-order valence-electron chi connectivity index (χ3n) is 5.46. The lowest BCUT2D eigenvalue weighted by atomic mass is 10.1. The fraction of sp³-hybridized carbons (Fsp3) is 0.409. The number of carbonyl (C=O) groups excluding carboxylic acids is 1. The van der Waals surface area contributed by atoms with E-state index in [1.807, 2.05) is 38.1 Å². The molecule has 1 amide bonds. The third-order valence-corrected chi connectivity index (χ3v) is 6.64. The van der Waals surface area contributed by atoms with Gasteiger partial charge in [-0.05, 0) is 31.5 Å². The van der Waals surface area contributed by atoms with Crippen molar-refractivity contribution in [3.05, 3.63) is 40.5 Å². The number of rotatable bonds is 4. The fourth-order valence-electron chi connectivity index (χ4n) is 3.89. The van der Waals surface area contributed by atoms with E-state index in [4.69, 9.17) is 19.2 Å². The number of ether oxygens (including phenoxy) is 3. The summed E-state index contributed by atoms with van der Waals surface area (Å²) in [7, 11) is 0. The highest BCUT2D eigenvalue weighted by Gasteiger charge is 2.25. The Morgan fingerprint density at radius 1 is 1.19 bits per heavy atom. The molecule has 1 aromatic carbocycles. The van der Waals surface area contributed by atoms with Gasteiger partial charge in [-0.15, -0.1) is 11.3 Å². The molecule has 5 rings (SSSR count). The van der Waals surface area contributed by atoms with E-state index in [1.54, 1.807) is 0 Å². The average molecular weight is 441 g/mol. The van der Waals surface area contributed by atoms with Crippen molar-refractivity contribution in [2.24, 2.45) is 0 Å². The van der Waals surface area contributed by atoms with Crippen LogP contribution in [0.5, 0.6) is 11.5 Å². The number of hydrogen-bond acceptors (Lipinski definition) is 8. The minimum atomic E-state index is -0.237. The van der Waals surface area contributed by atoms with Crippen LogP contribution in [-0.4, -0.2) is 61.4 Å². The minimum absolute atomic E-state index is 0.131. The zero-order valence-electron chi connectivity index (χ0n) is 17.5. The van der Waals surface area contributed by atoms with Gasteiger partial charge in [-0.3, -0.25) is 4.79 Å². The van der Waals surface area contributed by atoms with Gasteiger partial charge in [0.2, 0.25) is 0 Å². The van der Waals surface area contributed by atoms with Crippen LogP contribution in [-0.2, 0) is 4.74 Å². The van der Waals surface area contributed by atoms with Gasteiger partial charge in [0.05, 0.1) is 30.0 Å². The molecule has 4 heterocycles. The maximum absolute atomic E-state index is 13.0. The Bertz CT molecular complexity index is 1130. The Labute approximate surface area is 184 Å². The van der Waals surface area contributed by atoms with Crippen molar-refractivity contribution in [1.82, 2.24) is 15.3 Å². The van der Waals surface area contributed by atoms with Crippen LogP contribution in [0, 0.1) is 13.8 Å². The molecule has 0 aliphatic carbocycles. The van der Waals surface area contributed by atoms with Gasteiger partial charge in [-0.2, -0.15) is 0 Å². The smallest absolute Gasteiger partial charge is 0.261 e. The summed E-state index contributed by atoms with van der Waals surface area (Å²) in [5, 5.41) is 3.95. The first-order valence-corrected chi connectivity index (χ1v) is 11.2. The quantitative estimate of drug-likeness (QED) is 0.668. The van der Waals surface area contributed by atoms with Crippen LogP contribution in [0.3, 0.4) is 0 Å². The number of para-hydroxylation sites is 2. The maximum Gasteiger partial charge on any atom is 0.261 e. The number of nitrogens with one attached hydrogen (secondary N) is 1. The number of thiophene rings is 1. The van der Waals surface area contributed by atoms with Gasteiger partial charge in [0, 0.05) is 13.1 Å². The maximum atomic E-state index is 13.0. The first-order chi connectivity index (χ1) is 15.1. The highest BCUT2D eigenvalue weighted by atomic mass is 32.1. The van der Waals surface area contributed by atoms with Crippen LogP contribution in [0.1, 0.15) is 21.1 Å². The van der Waals surface area contributed by atoms with Crippen molar-refractivity contribution in [3.8, 4) is 11.5 Å². The monoisotopic (exact) mass is 440 g/mol. The van der Waals surface area contributed by atoms with Crippen LogP contribution in [0.2, 0.25) is 0 Å². The van der Waals surface area contributed by atoms with Crippen molar-refractivity contribution in [3.63, 3.8) is 0 Å². The number of nitrogens with zero attached hydrogens (tertiary/aromatic N) is 3. The average Bonchev–Trinajstić information content (AvgIpc) is 3.13. The van der Waals surface area contributed by atoms with Gasteiger partial charge < -0.3 is 24.4 Å². The highest BCUT2D eigenvalue weighted by Crippen LogP contribution is 2.36. The molecule has 1 atom stereocenters. The summed E-state index contributed by atoms with van der Waals surface area (Å²) in [6.45, 7) is 7.52. The lowest BCUT2D eigenvalue weighted by molar-refractivity contribution is 0.0791. The molecule has 1 N–H and O–H groups in total. The predicted molar refractivity (Wildman–Crippen MR) is 119 cm³/mol. The molecule has 31 heavy (non-hydrogen) atoms. The summed E-state index contributed by atoms with van der Waals surface area (Å²) in [6, 6.07) is 7.55. The number of hydrogen-bond donors (Lipinski definition) is 1. The van der Waals surface area contributed by atoms with E-state index in [-0.39, 0.29) is 12.0 Å². The number of amides is 1. The van der Waals surface area contributed by atoms with E-state index < -0.39 is 0 Å². The SMILES string of the molecule is Cc1nc(N2CCOCC2)c2c(C)c(C(=O)NCC3COc4ccccc4O3)sc2n1. The van der Waals surface area contributed by atoms with E-state index in [9.17, 15) is 4.79 Å². The molecule has 1 unspecified atom stereocenters. The summed E-state index contributed by atoms with van der Waals surface area (Å²) in [6.07, 6.45) is -0.237. The highest BCUT2D eigenvalue weighted by molar-refractivity contribution is 7.20. The van der Waals surface area contributed by atoms with Gasteiger partial charge in [0.1, 0.15) is 29.2 Å². The number of morpholine rings is 1. The first kappa shape index (κ1) is 20.0. The zero-order chi connectivity index (χ0) is 21.4. The molecule has 3 aromatic rings. The minimum Gasteiger partial charge on any atom is -0.486 e. The number of carbonyl (C=O) groups is 1. The second-order valence-corrected chi connectivity index (χ2v) is 8.64. The number of fused-ring (bicyclic) bond motifs is 2. The standard InChI is InChI=1S/C22H24N4O4S/c1-13-18-20(26-7-9-28-10-8-26)24-14(2)25-22(18)31-19(13)21(27)23-11-15-12-29-16-5-3-4-6-17(16)30-15/h3-6,15H,7-12H2,1-2H3,(H,23,27). The molecule has 0 spiro atoms. The molecular formula is C22H24N4O4S. The van der Waals surface area contributed by atoms with E-state index in [0.29, 0.717) is 42.8 Å². The lowest BCUT2D eigenvalue weighted by Gasteiger charge is -2.28. The summed E-state index contributed by atoms with van der Waals surface area (Å²) in [4.78, 5) is 26.0. The zero-order valence-corrected chi connectivity index (χ0v) is 18.3. The van der Waals surface area contributed by atoms with Crippen molar-refractivity contribution in [2.75, 3.05) is 44.4 Å². The molecule has 0 radical (unpaired) electrons. The number of benzene rings is 1. The molecule has 0 saturated carbocycles. The van der Waals surface area contributed by atoms with E-state index in [1.165, 1.54) is 11.3 Å². The second-order valence-electron chi connectivity index (χ2n) is 7.64. The summed E-state index contributed by atoms with van der Waals surface area (Å²) < 4.78 is 17.2. The molecule has 1 saturated heterocycles. The first-order valence-electron chi connectivity index (χ1n) is 10.4. The van der Waals surface area contributed by atoms with Crippen LogP contribution >= 0.6 is 11.3 Å². The largest absolute Gasteiger partial charge is 0.486 e. The Balaban J connectivity index is 1.35. The van der Waals surface area contributed by atoms with Crippen LogP contribution in [0.25, 0.3) is 10.2 Å². The Hall–Kier alpha value is -2.91. The number of anilines is 1. The molecule has 9 heteroatoms. The number of aromatic nitrogens is 2. The van der Waals surface area contributed by atoms with E-state index in [2.05, 4.69) is 15.2 Å². The second kappa shape index (κ2) is 8.32. The van der Waals surface area contributed by atoms with Crippen LogP contribution < -0.4 is 19.7 Å². The van der Waals surface area contributed by atoms with E-state index in [0.717, 1.165) is 40.4 Å². The summed E-state index contributed by atoms with van der Waals surface area (Å²) in [5.41, 5.74) is 0.908. The Morgan fingerprint density at radius 3 is 2.77 bits per heavy atom. The van der Waals surface area contributed by atoms with Crippen LogP contribution in [0.4, 0.5) is 5.82 Å². The molecule has 2 aliphatic rings. The Kier molecular flexibility index (Phi) is 5.37. The number of aryl methyl sites for hydroxylation is 2. The molecule has 0 bridgehead atoms. The topological polar surface area (TPSA) is 85.8 Å². The molecule has 8 nitrogen and oxygen atoms in total. The van der Waals surface area contributed by atoms with Gasteiger partial charge in [-0.1, -0.05) is 12.1 Å². The van der Waals surface area contributed by atoms with Crippen molar-refractivity contribution in [2.45, 2.75) is 20.0 Å². The van der Waals surface area contributed by atoms with Gasteiger partial charge in [0.15, 0.2) is 11.5 Å². The molecule has 1 fully saturated rings. The Morgan fingerprint density at radius 2 is 1.97 bits per heavy atom. The van der Waals surface area contributed by atoms with Crippen molar-refractivity contribution < 1.29 is 19.0 Å². The third kappa shape index (κ3) is 3.90. The van der Waals surface area contributed by atoms with Gasteiger partial charge >= 0.3 is 0 Å². The summed E-state index contributed by atoms with van der Waals surface area (Å²) in [5.74, 6) is 2.89. The normalized spacial score (nSPS) is 18.3. The molecule has 2 aromatic heterocycles.